The van der Waals surface area contributed by atoms with Crippen molar-refractivity contribution in [3.8, 4) is 0 Å². The van der Waals surface area contributed by atoms with E-state index in [0.717, 1.165) is 53.9 Å². The van der Waals surface area contributed by atoms with Crippen LogP contribution in [0.4, 0.5) is 0 Å². The van der Waals surface area contributed by atoms with Crippen LogP contribution in [-0.2, 0) is 32.5 Å². The van der Waals surface area contributed by atoms with Crippen molar-refractivity contribution in [1.82, 2.24) is 9.21 Å². The molecule has 0 saturated carbocycles. The predicted octanol–water partition coefficient (Wildman–Crippen LogP) is 3.03. The Hall–Kier alpha value is -1.45. The summed E-state index contributed by atoms with van der Waals surface area (Å²) in [6, 6.07) is 0. The van der Waals surface area contributed by atoms with Gasteiger partial charge in [0.05, 0.1) is 19.2 Å². The Kier molecular flexibility index (Phi) is 7.01. The average molecular weight is 443 g/mol. The summed E-state index contributed by atoms with van der Waals surface area (Å²) in [7, 11) is -2.50. The highest BCUT2D eigenvalue weighted by atomic mass is 32.2. The van der Waals surface area contributed by atoms with Gasteiger partial charge >= 0.3 is 5.97 Å². The first-order valence-corrected chi connectivity index (χ1v) is 12.6. The van der Waals surface area contributed by atoms with Gasteiger partial charge in [-0.1, -0.05) is 26.7 Å². The molecule has 7 nitrogen and oxygen atoms in total. The van der Waals surface area contributed by atoms with Crippen LogP contribution >= 0.6 is 11.3 Å². The zero-order chi connectivity index (χ0) is 21.2. The summed E-state index contributed by atoms with van der Waals surface area (Å²) in [5.74, 6) is -0.613. The van der Waals surface area contributed by atoms with Crippen molar-refractivity contribution in [2.75, 3.05) is 26.7 Å². The highest BCUT2D eigenvalue weighted by Gasteiger charge is 2.38. The van der Waals surface area contributed by atoms with Crippen LogP contribution in [0, 0.1) is 5.92 Å². The second kappa shape index (κ2) is 9.14. The van der Waals surface area contributed by atoms with Gasteiger partial charge < -0.3 is 9.64 Å². The summed E-state index contributed by atoms with van der Waals surface area (Å²) in [6.45, 7) is 5.67. The van der Waals surface area contributed by atoms with Crippen molar-refractivity contribution in [2.45, 2.75) is 63.1 Å². The molecule has 0 N–H and O–H groups in total. The molecular weight excluding hydrogens is 412 g/mol. The molecule has 1 atom stereocenters. The molecule has 1 unspecified atom stereocenters. The Morgan fingerprint density at radius 3 is 2.38 bits per heavy atom. The molecule has 1 saturated heterocycles. The van der Waals surface area contributed by atoms with E-state index in [-0.39, 0.29) is 21.6 Å². The normalized spacial score (nSPS) is 19.3. The fourth-order valence-corrected chi connectivity index (χ4v) is 7.50. The standard InChI is InChI=1S/C20H30N2O5S2/c1-4-14(2)18(23)21-12-9-15-16(13-21)28-20(17(15)19(24)27-3)29(25,26)22-10-7-5-6-8-11-22/h14H,4-13H2,1-3H3. The number of fused-ring (bicyclic) bond motifs is 1. The van der Waals surface area contributed by atoms with Gasteiger partial charge in [0.1, 0.15) is 4.21 Å². The lowest BCUT2D eigenvalue weighted by atomic mass is 10.0. The number of esters is 1. The number of ether oxygens (including phenoxy) is 1. The maximum Gasteiger partial charge on any atom is 0.340 e. The summed E-state index contributed by atoms with van der Waals surface area (Å²) in [5, 5.41) is 0. The van der Waals surface area contributed by atoms with Crippen molar-refractivity contribution in [3.05, 3.63) is 16.0 Å². The van der Waals surface area contributed by atoms with Crippen LogP contribution in [0.15, 0.2) is 4.21 Å². The van der Waals surface area contributed by atoms with Crippen LogP contribution in [0.25, 0.3) is 0 Å². The lowest BCUT2D eigenvalue weighted by Gasteiger charge is -2.29. The summed E-state index contributed by atoms with van der Waals surface area (Å²) < 4.78 is 33.4. The Morgan fingerprint density at radius 1 is 1.14 bits per heavy atom. The molecule has 0 spiro atoms. The van der Waals surface area contributed by atoms with Gasteiger partial charge in [-0.15, -0.1) is 11.3 Å². The average Bonchev–Trinajstić information content (AvgIpc) is 2.90. The fourth-order valence-electron chi connectivity index (χ4n) is 3.94. The van der Waals surface area contributed by atoms with E-state index in [0.29, 0.717) is 32.6 Å². The van der Waals surface area contributed by atoms with Crippen molar-refractivity contribution in [1.29, 1.82) is 0 Å². The minimum Gasteiger partial charge on any atom is -0.465 e. The van der Waals surface area contributed by atoms with Crippen molar-refractivity contribution >= 4 is 33.2 Å². The molecule has 3 rings (SSSR count). The first kappa shape index (κ1) is 22.2. The molecule has 29 heavy (non-hydrogen) atoms. The minimum atomic E-state index is -3.78. The Bertz CT molecular complexity index is 870. The highest BCUT2D eigenvalue weighted by molar-refractivity contribution is 7.91. The SMILES string of the molecule is CCC(C)C(=O)N1CCc2c(sc(S(=O)(=O)N3CCCCCC3)c2C(=O)OC)C1. The van der Waals surface area contributed by atoms with Crippen LogP contribution in [0.1, 0.15) is 66.8 Å². The number of hydrogen-bond donors (Lipinski definition) is 0. The van der Waals surface area contributed by atoms with E-state index in [1.54, 1.807) is 4.90 Å². The molecule has 2 aliphatic heterocycles. The lowest BCUT2D eigenvalue weighted by molar-refractivity contribution is -0.135. The van der Waals surface area contributed by atoms with E-state index in [1.807, 2.05) is 13.8 Å². The van der Waals surface area contributed by atoms with Crippen LogP contribution in [0.5, 0.6) is 0 Å². The topological polar surface area (TPSA) is 84.0 Å². The van der Waals surface area contributed by atoms with Crippen molar-refractivity contribution < 1.29 is 22.7 Å². The number of thiophene rings is 1. The quantitative estimate of drug-likeness (QED) is 0.655. The number of sulfonamides is 1. The third kappa shape index (κ3) is 4.36. The van der Waals surface area contributed by atoms with Crippen molar-refractivity contribution in [3.63, 3.8) is 0 Å². The second-order valence-corrected chi connectivity index (χ2v) is 11.0. The molecule has 1 aromatic heterocycles. The van der Waals surface area contributed by atoms with Gasteiger partial charge in [0, 0.05) is 30.4 Å². The zero-order valence-corrected chi connectivity index (χ0v) is 19.0. The fraction of sp³-hybridized carbons (Fsp3) is 0.700. The molecule has 0 radical (unpaired) electrons. The minimum absolute atomic E-state index is 0.0723. The van der Waals surface area contributed by atoms with E-state index in [1.165, 1.54) is 11.4 Å². The van der Waals surface area contributed by atoms with E-state index >= 15 is 0 Å². The maximum absolute atomic E-state index is 13.4. The maximum atomic E-state index is 13.4. The van der Waals surface area contributed by atoms with Crippen LogP contribution in [0.2, 0.25) is 0 Å². The van der Waals surface area contributed by atoms with E-state index < -0.39 is 16.0 Å². The third-order valence-electron chi connectivity index (χ3n) is 5.90. The first-order valence-electron chi connectivity index (χ1n) is 10.3. The predicted molar refractivity (Wildman–Crippen MR) is 111 cm³/mol. The third-order valence-corrected chi connectivity index (χ3v) is 9.51. The molecule has 1 amide bonds. The monoisotopic (exact) mass is 442 g/mol. The Labute approximate surface area is 177 Å². The second-order valence-electron chi connectivity index (χ2n) is 7.80. The molecule has 162 valence electrons. The molecule has 1 aromatic rings. The summed E-state index contributed by atoms with van der Waals surface area (Å²) in [6.07, 6.45) is 4.92. The molecule has 0 aliphatic carbocycles. The Morgan fingerprint density at radius 2 is 1.79 bits per heavy atom. The lowest BCUT2D eigenvalue weighted by Crippen LogP contribution is -2.38. The smallest absolute Gasteiger partial charge is 0.340 e. The van der Waals surface area contributed by atoms with Crippen LogP contribution < -0.4 is 0 Å². The summed E-state index contributed by atoms with van der Waals surface area (Å²) in [4.78, 5) is 27.7. The van der Waals surface area contributed by atoms with Gasteiger partial charge in [-0.05, 0) is 31.2 Å². The van der Waals surface area contributed by atoms with E-state index in [2.05, 4.69) is 0 Å². The number of nitrogens with zero attached hydrogens (tertiary/aromatic N) is 2. The molecule has 9 heteroatoms. The largest absolute Gasteiger partial charge is 0.465 e. The number of hydrogen-bond acceptors (Lipinski definition) is 6. The molecule has 0 bridgehead atoms. The number of carbonyl (C=O) groups is 2. The Balaban J connectivity index is 2.00. The number of rotatable bonds is 5. The van der Waals surface area contributed by atoms with Gasteiger partial charge in [0.15, 0.2) is 0 Å². The van der Waals surface area contributed by atoms with Crippen LogP contribution in [0.3, 0.4) is 0 Å². The van der Waals surface area contributed by atoms with Gasteiger partial charge in [-0.3, -0.25) is 4.79 Å². The highest BCUT2D eigenvalue weighted by Crippen LogP contribution is 2.38. The van der Waals surface area contributed by atoms with E-state index in [4.69, 9.17) is 4.74 Å². The van der Waals surface area contributed by atoms with Gasteiger partial charge in [0.25, 0.3) is 10.0 Å². The van der Waals surface area contributed by atoms with Crippen molar-refractivity contribution in [2.24, 2.45) is 5.92 Å². The summed E-state index contributed by atoms with van der Waals surface area (Å²) >= 11 is 1.13. The molecule has 3 heterocycles. The number of carbonyl (C=O) groups excluding carboxylic acids is 2. The molecular formula is C20H30N2O5S2. The number of amides is 1. The summed E-state index contributed by atoms with van der Waals surface area (Å²) in [5.41, 5.74) is 0.899. The van der Waals surface area contributed by atoms with Gasteiger partial charge in [-0.25, -0.2) is 13.2 Å². The van der Waals surface area contributed by atoms with Crippen LogP contribution in [-0.4, -0.2) is 56.2 Å². The van der Waals surface area contributed by atoms with Gasteiger partial charge in [-0.2, -0.15) is 4.31 Å². The molecule has 2 aliphatic rings. The van der Waals surface area contributed by atoms with E-state index in [9.17, 15) is 18.0 Å². The number of methoxy groups -OCH3 is 1. The van der Waals surface area contributed by atoms with Gasteiger partial charge in [0.2, 0.25) is 5.91 Å². The molecule has 1 fully saturated rings. The zero-order valence-electron chi connectivity index (χ0n) is 17.4. The molecule has 0 aromatic carbocycles. The first-order chi connectivity index (χ1) is 13.8.